The number of allylic oxidation sites excluding steroid dienone is 2. The van der Waals surface area contributed by atoms with Crippen molar-refractivity contribution in [2.24, 2.45) is 10.9 Å². The second-order valence-corrected chi connectivity index (χ2v) is 9.35. The van der Waals surface area contributed by atoms with Gasteiger partial charge in [-0.2, -0.15) is 0 Å². The molecule has 0 saturated carbocycles. The molecule has 7 nitrogen and oxygen atoms in total. The van der Waals surface area contributed by atoms with Gasteiger partial charge in [0.15, 0.2) is 17.3 Å². The Kier molecular flexibility index (Phi) is 8.31. The van der Waals surface area contributed by atoms with Crippen LogP contribution in [0.25, 0.3) is 0 Å². The number of carbonyl (C=O) groups excluding carboxylic acids is 2. The number of hydrogen-bond donors (Lipinski definition) is 0. The molecule has 2 aliphatic rings. The molecular formula is C30H35NO6. The Morgan fingerprint density at radius 3 is 2.46 bits per heavy atom. The van der Waals surface area contributed by atoms with Crippen molar-refractivity contribution in [1.29, 1.82) is 0 Å². The first kappa shape index (κ1) is 26.5. The Balaban J connectivity index is 1.80. The van der Waals surface area contributed by atoms with E-state index in [1.807, 2.05) is 63.2 Å². The number of esters is 1. The lowest BCUT2D eigenvalue weighted by atomic mass is 9.69. The summed E-state index contributed by atoms with van der Waals surface area (Å²) in [6.07, 6.45) is 1.61. The maximum Gasteiger partial charge on any atom is 0.315 e. The Hall–Kier alpha value is -3.61. The Morgan fingerprint density at radius 1 is 1.00 bits per heavy atom. The van der Waals surface area contributed by atoms with Gasteiger partial charge in [0.25, 0.3) is 0 Å². The van der Waals surface area contributed by atoms with Crippen LogP contribution in [0, 0.1) is 5.92 Å². The number of rotatable bonds is 9. The third-order valence-electron chi connectivity index (χ3n) is 7.02. The minimum atomic E-state index is -0.687. The predicted molar refractivity (Wildman–Crippen MR) is 142 cm³/mol. The van der Waals surface area contributed by atoms with Gasteiger partial charge in [0.05, 0.1) is 27.4 Å². The summed E-state index contributed by atoms with van der Waals surface area (Å²) in [5, 5.41) is 0. The second kappa shape index (κ2) is 11.6. The molecule has 2 aromatic carbocycles. The van der Waals surface area contributed by atoms with E-state index in [9.17, 15) is 9.59 Å². The third-order valence-corrected chi connectivity index (χ3v) is 7.02. The van der Waals surface area contributed by atoms with Crippen molar-refractivity contribution < 1.29 is 28.5 Å². The zero-order valence-electron chi connectivity index (χ0n) is 22.2. The van der Waals surface area contributed by atoms with Crippen LogP contribution in [0.1, 0.15) is 63.0 Å². The number of Topliss-reactive ketones (excluding diaryl/α,β-unsaturated/α-hetero) is 1. The van der Waals surface area contributed by atoms with Gasteiger partial charge in [0.2, 0.25) is 0 Å². The van der Waals surface area contributed by atoms with Crippen molar-refractivity contribution in [3.8, 4) is 17.2 Å². The number of benzene rings is 2. The molecule has 0 fully saturated rings. The molecule has 0 N–H and O–H groups in total. The largest absolute Gasteiger partial charge is 0.494 e. The van der Waals surface area contributed by atoms with E-state index in [-0.39, 0.29) is 17.7 Å². The fourth-order valence-corrected chi connectivity index (χ4v) is 5.36. The molecule has 0 spiro atoms. The van der Waals surface area contributed by atoms with E-state index in [1.54, 1.807) is 14.2 Å². The number of hydrogen-bond acceptors (Lipinski definition) is 7. The number of para-hydroxylation sites is 1. The van der Waals surface area contributed by atoms with Gasteiger partial charge in [0, 0.05) is 34.9 Å². The van der Waals surface area contributed by atoms with E-state index in [1.165, 1.54) is 0 Å². The lowest BCUT2D eigenvalue weighted by molar-refractivity contribution is -0.146. The van der Waals surface area contributed by atoms with Crippen molar-refractivity contribution in [3.05, 3.63) is 64.9 Å². The molecule has 1 aliphatic carbocycles. The maximum atomic E-state index is 13.9. The molecule has 3 atom stereocenters. The molecule has 0 saturated heterocycles. The lowest BCUT2D eigenvalue weighted by Crippen LogP contribution is -2.38. The van der Waals surface area contributed by atoms with Gasteiger partial charge in [0.1, 0.15) is 11.7 Å². The maximum absolute atomic E-state index is 13.9. The Morgan fingerprint density at radius 2 is 1.76 bits per heavy atom. The highest BCUT2D eigenvalue weighted by molar-refractivity contribution is 6.09. The molecular weight excluding hydrogens is 470 g/mol. The molecule has 0 amide bonds. The van der Waals surface area contributed by atoms with E-state index in [2.05, 4.69) is 0 Å². The summed E-state index contributed by atoms with van der Waals surface area (Å²) >= 11 is 0. The topological polar surface area (TPSA) is 83.4 Å². The van der Waals surface area contributed by atoms with Crippen LogP contribution in [0.4, 0.5) is 0 Å². The monoisotopic (exact) mass is 505 g/mol. The SMILES string of the molecule is CCCOC(=O)C1C(C)=NC2=C(C(=O)C[C@H](c3ccc(OC)c(OC)c3)C2)[C@H]1c1ccccc1OCC. The molecule has 0 bridgehead atoms. The fourth-order valence-electron chi connectivity index (χ4n) is 5.36. The van der Waals surface area contributed by atoms with Crippen LogP contribution in [0.5, 0.6) is 17.2 Å². The summed E-state index contributed by atoms with van der Waals surface area (Å²) < 4.78 is 22.4. The summed E-state index contributed by atoms with van der Waals surface area (Å²) in [7, 11) is 3.20. The molecule has 7 heteroatoms. The van der Waals surface area contributed by atoms with Gasteiger partial charge in [-0.05, 0) is 56.4 Å². The van der Waals surface area contributed by atoms with Gasteiger partial charge in [-0.25, -0.2) is 0 Å². The zero-order chi connectivity index (χ0) is 26.5. The van der Waals surface area contributed by atoms with Crippen LogP contribution in [0.3, 0.4) is 0 Å². The van der Waals surface area contributed by atoms with Gasteiger partial charge in [-0.15, -0.1) is 0 Å². The Labute approximate surface area is 218 Å². The average Bonchev–Trinajstić information content (AvgIpc) is 2.90. The number of methoxy groups -OCH3 is 2. The minimum Gasteiger partial charge on any atom is -0.494 e. The molecule has 196 valence electrons. The zero-order valence-corrected chi connectivity index (χ0v) is 22.2. The van der Waals surface area contributed by atoms with Crippen molar-refractivity contribution in [2.75, 3.05) is 27.4 Å². The van der Waals surface area contributed by atoms with Crippen LogP contribution in [-0.4, -0.2) is 44.9 Å². The van der Waals surface area contributed by atoms with Gasteiger partial charge >= 0.3 is 5.97 Å². The minimum absolute atomic E-state index is 0.0122. The Bertz CT molecular complexity index is 1230. The van der Waals surface area contributed by atoms with Crippen LogP contribution in [0.2, 0.25) is 0 Å². The smallest absolute Gasteiger partial charge is 0.315 e. The number of nitrogens with zero attached hydrogens (tertiary/aromatic N) is 1. The molecule has 4 rings (SSSR count). The van der Waals surface area contributed by atoms with Crippen molar-refractivity contribution >= 4 is 17.5 Å². The fraction of sp³-hybridized carbons (Fsp3) is 0.433. The van der Waals surface area contributed by atoms with Crippen LogP contribution >= 0.6 is 0 Å². The molecule has 37 heavy (non-hydrogen) atoms. The predicted octanol–water partition coefficient (Wildman–Crippen LogP) is 5.63. The molecule has 1 unspecified atom stereocenters. The van der Waals surface area contributed by atoms with E-state index >= 15 is 0 Å². The third kappa shape index (κ3) is 5.26. The average molecular weight is 506 g/mol. The van der Waals surface area contributed by atoms with E-state index in [0.717, 1.165) is 16.8 Å². The first-order valence-corrected chi connectivity index (χ1v) is 12.8. The highest BCUT2D eigenvalue weighted by Crippen LogP contribution is 2.49. The quantitative estimate of drug-likeness (QED) is 0.411. The summed E-state index contributed by atoms with van der Waals surface area (Å²) in [5.74, 6) is 0.293. The first-order chi connectivity index (χ1) is 17.9. The standard InChI is InChI=1S/C30H35NO6/c1-6-14-37-30(33)27-18(3)31-22-15-20(19-12-13-25(34-4)26(17-19)35-5)16-23(32)29(22)28(27)21-10-8-9-11-24(21)36-7-2/h8-13,17,20,27-28H,6-7,14-16H2,1-5H3/t20-,27?,28+/m1/s1. The molecule has 1 heterocycles. The van der Waals surface area contributed by atoms with Gasteiger partial charge < -0.3 is 18.9 Å². The number of ether oxygens (including phenoxy) is 4. The highest BCUT2D eigenvalue weighted by atomic mass is 16.5. The van der Waals surface area contributed by atoms with E-state index in [4.69, 9.17) is 23.9 Å². The van der Waals surface area contributed by atoms with E-state index in [0.29, 0.717) is 61.0 Å². The lowest BCUT2D eigenvalue weighted by Gasteiger charge is -2.37. The number of ketones is 1. The van der Waals surface area contributed by atoms with Crippen LogP contribution in [0.15, 0.2) is 58.7 Å². The van der Waals surface area contributed by atoms with Crippen molar-refractivity contribution in [1.82, 2.24) is 0 Å². The number of aliphatic imine (C=N–C) groups is 1. The van der Waals surface area contributed by atoms with Crippen molar-refractivity contribution in [3.63, 3.8) is 0 Å². The summed E-state index contributed by atoms with van der Waals surface area (Å²) in [6.45, 7) is 6.52. The summed E-state index contributed by atoms with van der Waals surface area (Å²) in [6, 6.07) is 13.4. The number of carbonyl (C=O) groups is 2. The van der Waals surface area contributed by atoms with Crippen LogP contribution in [-0.2, 0) is 14.3 Å². The molecule has 1 aliphatic heterocycles. The highest BCUT2D eigenvalue weighted by Gasteiger charge is 2.45. The molecule has 0 aromatic heterocycles. The van der Waals surface area contributed by atoms with Gasteiger partial charge in [-0.1, -0.05) is 31.2 Å². The first-order valence-electron chi connectivity index (χ1n) is 12.8. The van der Waals surface area contributed by atoms with E-state index < -0.39 is 11.8 Å². The second-order valence-electron chi connectivity index (χ2n) is 9.35. The summed E-state index contributed by atoms with van der Waals surface area (Å²) in [5.41, 5.74) is 3.76. The molecule has 0 radical (unpaired) electrons. The van der Waals surface area contributed by atoms with Gasteiger partial charge in [-0.3, -0.25) is 14.6 Å². The van der Waals surface area contributed by atoms with Crippen LogP contribution < -0.4 is 14.2 Å². The normalized spacial score (nSPS) is 21.2. The molecule has 2 aromatic rings. The summed E-state index contributed by atoms with van der Waals surface area (Å²) in [4.78, 5) is 32.0. The van der Waals surface area contributed by atoms with Crippen molar-refractivity contribution in [2.45, 2.75) is 51.9 Å².